The summed E-state index contributed by atoms with van der Waals surface area (Å²) in [4.78, 5) is 14.5. The molecule has 0 bridgehead atoms. The summed E-state index contributed by atoms with van der Waals surface area (Å²) >= 11 is 0. The van der Waals surface area contributed by atoms with Crippen LogP contribution in [0.2, 0.25) is 0 Å². The van der Waals surface area contributed by atoms with Crippen molar-refractivity contribution in [2.24, 2.45) is 17.6 Å². The summed E-state index contributed by atoms with van der Waals surface area (Å²) in [6.07, 6.45) is -1.27. The fourth-order valence-corrected chi connectivity index (χ4v) is 4.97. The molecule has 0 heterocycles. The van der Waals surface area contributed by atoms with Crippen molar-refractivity contribution in [3.63, 3.8) is 0 Å². The quantitative estimate of drug-likeness (QED) is 0.718. The zero-order chi connectivity index (χ0) is 21.9. The van der Waals surface area contributed by atoms with E-state index < -0.39 is 23.6 Å². The predicted octanol–water partition coefficient (Wildman–Crippen LogP) is 5.00. The van der Waals surface area contributed by atoms with Gasteiger partial charge >= 0.3 is 6.18 Å². The molecule has 0 aromatic heterocycles. The number of amides is 1. The molecule has 6 heteroatoms. The number of rotatable bonds is 6. The van der Waals surface area contributed by atoms with Gasteiger partial charge in [0.1, 0.15) is 0 Å². The molecule has 30 heavy (non-hydrogen) atoms. The van der Waals surface area contributed by atoms with Gasteiger partial charge in [0.25, 0.3) is 0 Å². The number of carbonyl (C=O) groups is 1. The molecule has 1 amide bonds. The van der Waals surface area contributed by atoms with Crippen molar-refractivity contribution in [3.8, 4) is 0 Å². The second kappa shape index (κ2) is 8.80. The number of nitrogens with two attached hydrogens (primary N) is 1. The third-order valence-corrected chi connectivity index (χ3v) is 6.72. The minimum absolute atomic E-state index is 0.0238. The van der Waals surface area contributed by atoms with Crippen LogP contribution in [0, 0.1) is 11.8 Å². The Morgan fingerprint density at radius 2 is 1.63 bits per heavy atom. The average Bonchev–Trinajstić information content (AvgIpc) is 2.72. The third kappa shape index (κ3) is 4.53. The van der Waals surface area contributed by atoms with Crippen LogP contribution in [-0.2, 0) is 22.9 Å². The van der Waals surface area contributed by atoms with Crippen LogP contribution in [0.4, 0.5) is 13.2 Å². The van der Waals surface area contributed by atoms with Crippen molar-refractivity contribution in [2.45, 2.75) is 43.8 Å². The Hall–Kier alpha value is -2.34. The number of hydrogen-bond acceptors (Lipinski definition) is 2. The Balaban J connectivity index is 1.81. The second-order valence-electron chi connectivity index (χ2n) is 8.50. The monoisotopic (exact) mass is 418 g/mol. The maximum atomic E-state index is 13.4. The molecule has 2 aromatic carbocycles. The summed E-state index contributed by atoms with van der Waals surface area (Å²) in [5.74, 6) is -1.15. The maximum absolute atomic E-state index is 13.4. The van der Waals surface area contributed by atoms with Gasteiger partial charge in [0.2, 0.25) is 5.91 Å². The van der Waals surface area contributed by atoms with Crippen LogP contribution in [0.25, 0.3) is 0 Å². The van der Waals surface area contributed by atoms with Crippen molar-refractivity contribution < 1.29 is 18.0 Å². The van der Waals surface area contributed by atoms with Gasteiger partial charge in [-0.3, -0.25) is 9.69 Å². The SMILES string of the molecule is CN(C)C1(c2ccccc2)CCC(C(Cc2ccccc2C(F)(F)F)C(N)=O)CC1. The third-order valence-electron chi connectivity index (χ3n) is 6.72. The Bertz CT molecular complexity index is 856. The fourth-order valence-electron chi connectivity index (χ4n) is 4.97. The van der Waals surface area contributed by atoms with Gasteiger partial charge in [0.15, 0.2) is 0 Å². The van der Waals surface area contributed by atoms with Gasteiger partial charge in [-0.2, -0.15) is 13.2 Å². The molecule has 162 valence electrons. The first-order valence-electron chi connectivity index (χ1n) is 10.3. The van der Waals surface area contributed by atoms with Crippen LogP contribution in [0.3, 0.4) is 0 Å². The minimum Gasteiger partial charge on any atom is -0.369 e. The highest BCUT2D eigenvalue weighted by Crippen LogP contribution is 2.45. The Labute approximate surface area is 176 Å². The van der Waals surface area contributed by atoms with Crippen molar-refractivity contribution in [3.05, 3.63) is 71.3 Å². The number of benzene rings is 2. The summed E-state index contributed by atoms with van der Waals surface area (Å²) in [6.45, 7) is 0. The maximum Gasteiger partial charge on any atom is 0.416 e. The summed E-state index contributed by atoms with van der Waals surface area (Å²) in [5, 5.41) is 0. The molecule has 1 saturated carbocycles. The Kier molecular flexibility index (Phi) is 6.56. The van der Waals surface area contributed by atoms with E-state index in [9.17, 15) is 18.0 Å². The zero-order valence-corrected chi connectivity index (χ0v) is 17.5. The molecule has 1 unspecified atom stereocenters. The highest BCUT2D eigenvalue weighted by Gasteiger charge is 2.42. The van der Waals surface area contributed by atoms with Crippen LogP contribution >= 0.6 is 0 Å². The molecular formula is C24H29F3N2O. The first-order valence-corrected chi connectivity index (χ1v) is 10.3. The number of halogens is 3. The van der Waals surface area contributed by atoms with Gasteiger partial charge in [0, 0.05) is 11.5 Å². The Morgan fingerprint density at radius 3 is 2.17 bits per heavy atom. The van der Waals surface area contributed by atoms with E-state index in [0.29, 0.717) is 0 Å². The molecule has 1 aliphatic rings. The molecule has 3 rings (SSSR count). The molecule has 1 atom stereocenters. The highest BCUT2D eigenvalue weighted by atomic mass is 19.4. The number of primary amides is 1. The molecule has 3 nitrogen and oxygen atoms in total. The number of hydrogen-bond donors (Lipinski definition) is 1. The van der Waals surface area contributed by atoms with E-state index in [1.807, 2.05) is 18.2 Å². The first kappa shape index (κ1) is 22.3. The van der Waals surface area contributed by atoms with Crippen LogP contribution in [0.1, 0.15) is 42.4 Å². The lowest BCUT2D eigenvalue weighted by Crippen LogP contribution is -2.46. The van der Waals surface area contributed by atoms with E-state index in [-0.39, 0.29) is 23.4 Å². The van der Waals surface area contributed by atoms with E-state index in [2.05, 4.69) is 31.1 Å². The van der Waals surface area contributed by atoms with Gasteiger partial charge in [-0.05, 0) is 69.3 Å². The van der Waals surface area contributed by atoms with Gasteiger partial charge in [-0.25, -0.2) is 0 Å². The van der Waals surface area contributed by atoms with Gasteiger partial charge < -0.3 is 5.73 Å². The predicted molar refractivity (Wildman–Crippen MR) is 112 cm³/mol. The molecule has 1 fully saturated rings. The topological polar surface area (TPSA) is 46.3 Å². The Morgan fingerprint density at radius 1 is 1.07 bits per heavy atom. The van der Waals surface area contributed by atoms with E-state index >= 15 is 0 Å². The normalized spacial score (nSPS) is 23.3. The molecule has 0 saturated heterocycles. The zero-order valence-electron chi connectivity index (χ0n) is 17.5. The molecule has 1 aliphatic carbocycles. The molecule has 0 radical (unpaired) electrons. The molecule has 0 spiro atoms. The van der Waals surface area contributed by atoms with E-state index in [0.717, 1.165) is 31.7 Å². The van der Waals surface area contributed by atoms with Crippen LogP contribution in [-0.4, -0.2) is 24.9 Å². The van der Waals surface area contributed by atoms with Gasteiger partial charge in [-0.1, -0.05) is 48.5 Å². The summed E-state index contributed by atoms with van der Waals surface area (Å²) in [6, 6.07) is 15.7. The van der Waals surface area contributed by atoms with E-state index in [1.54, 1.807) is 6.07 Å². The van der Waals surface area contributed by atoms with Crippen LogP contribution in [0.15, 0.2) is 54.6 Å². The molecule has 2 aromatic rings. The minimum atomic E-state index is -4.45. The lowest BCUT2D eigenvalue weighted by atomic mass is 9.67. The lowest BCUT2D eigenvalue weighted by molar-refractivity contribution is -0.138. The van der Waals surface area contributed by atoms with Gasteiger partial charge in [-0.15, -0.1) is 0 Å². The number of carbonyl (C=O) groups excluding carboxylic acids is 1. The average molecular weight is 419 g/mol. The van der Waals surface area contributed by atoms with Crippen molar-refractivity contribution in [1.82, 2.24) is 4.90 Å². The largest absolute Gasteiger partial charge is 0.416 e. The van der Waals surface area contributed by atoms with Gasteiger partial charge in [0.05, 0.1) is 5.56 Å². The molecule has 0 aliphatic heterocycles. The first-order chi connectivity index (χ1) is 14.1. The summed E-state index contributed by atoms with van der Waals surface area (Å²) in [5.41, 5.74) is 6.23. The number of nitrogens with zero attached hydrogens (tertiary/aromatic N) is 1. The van der Waals surface area contributed by atoms with E-state index in [1.165, 1.54) is 17.7 Å². The number of alkyl halides is 3. The molecule has 2 N–H and O–H groups in total. The standard InChI is InChI=1S/C24H29F3N2O/c1-29(2)23(19-9-4-3-5-10-19)14-12-17(13-15-23)20(22(28)30)16-18-8-6-7-11-21(18)24(25,26)27/h3-11,17,20H,12-16H2,1-2H3,(H2,28,30). The smallest absolute Gasteiger partial charge is 0.369 e. The second-order valence-corrected chi connectivity index (χ2v) is 8.50. The van der Waals surface area contributed by atoms with Crippen molar-refractivity contribution in [2.75, 3.05) is 14.1 Å². The summed E-state index contributed by atoms with van der Waals surface area (Å²) < 4.78 is 40.2. The van der Waals surface area contributed by atoms with Crippen LogP contribution in [0.5, 0.6) is 0 Å². The fraction of sp³-hybridized carbons (Fsp3) is 0.458. The molecular weight excluding hydrogens is 389 g/mol. The highest BCUT2D eigenvalue weighted by molar-refractivity contribution is 5.77. The van der Waals surface area contributed by atoms with Crippen LogP contribution < -0.4 is 5.73 Å². The van der Waals surface area contributed by atoms with Crippen molar-refractivity contribution in [1.29, 1.82) is 0 Å². The van der Waals surface area contributed by atoms with Crippen molar-refractivity contribution >= 4 is 5.91 Å². The van der Waals surface area contributed by atoms with E-state index in [4.69, 9.17) is 5.73 Å². The lowest BCUT2D eigenvalue weighted by Gasteiger charge is -2.46. The summed E-state index contributed by atoms with van der Waals surface area (Å²) in [7, 11) is 4.11.